The molecule has 4 aliphatic rings. The normalized spacial score (nSPS) is 42.1. The summed E-state index contributed by atoms with van der Waals surface area (Å²) in [4.78, 5) is 50.7. The van der Waals surface area contributed by atoms with Crippen LogP contribution in [0.25, 0.3) is 10.9 Å². The van der Waals surface area contributed by atoms with E-state index in [4.69, 9.17) is 37.9 Å². The molecule has 4 aliphatic heterocycles. The average molecular weight is 973 g/mol. The number of aliphatic hydroxyl groups is 2. The molecule has 0 radical (unpaired) electrons. The van der Waals surface area contributed by atoms with Crippen molar-refractivity contribution in [3.63, 3.8) is 0 Å². The van der Waals surface area contributed by atoms with Crippen molar-refractivity contribution in [2.24, 2.45) is 29.6 Å². The number of cyclic esters (lactones) is 1. The maximum atomic E-state index is 15.1. The van der Waals surface area contributed by atoms with Gasteiger partial charge in [-0.25, -0.2) is 0 Å². The highest BCUT2D eigenvalue weighted by Crippen LogP contribution is 2.49. The van der Waals surface area contributed by atoms with Crippen LogP contribution in [0.3, 0.4) is 0 Å². The minimum Gasteiger partial charge on any atom is -0.458 e. The summed E-state index contributed by atoms with van der Waals surface area (Å²) in [5, 5.41) is 23.3. The van der Waals surface area contributed by atoms with E-state index in [0.29, 0.717) is 18.6 Å². The number of likely N-dealkylation sites (N-methyl/N-ethyl adjacent to an activating group) is 1. The van der Waals surface area contributed by atoms with Gasteiger partial charge in [-0.2, -0.15) is 0 Å². The summed E-state index contributed by atoms with van der Waals surface area (Å²) in [5.41, 5.74) is -1.54. The Morgan fingerprint density at radius 2 is 1.60 bits per heavy atom. The second-order valence-corrected chi connectivity index (χ2v) is 22.3. The summed E-state index contributed by atoms with van der Waals surface area (Å²) in [5.74, 6) is -4.19. The molecule has 0 spiro atoms. The molecule has 0 bridgehead atoms. The number of rotatable bonds is 13. The number of fused-ring (bicyclic) bond motifs is 2. The van der Waals surface area contributed by atoms with Gasteiger partial charge in [0.2, 0.25) is 0 Å². The van der Waals surface area contributed by atoms with E-state index < -0.39 is 113 Å². The summed E-state index contributed by atoms with van der Waals surface area (Å²) in [6.45, 7) is 18.4. The molecule has 2 N–H and O–H groups in total. The van der Waals surface area contributed by atoms with Crippen LogP contribution >= 0.6 is 11.8 Å². The van der Waals surface area contributed by atoms with Gasteiger partial charge in [0.05, 0.1) is 47.1 Å². The first kappa shape index (κ1) is 54.6. The SMILES string of the molecule is CC[C@H]1OC(=O)[C@H](C)[C@@H](O[C@H]2C[C@@](C)(OC)[C@@H](O)[C@@H](C)O2)[C@H](C)[C@@H](O[C@@H]2O[C@H](C)C[C@H](N(C)C)[C@H]2O)[C@](C)(OC)C[C@@H](C)C(=O)[C@@H](C)C2C(SCCCc3ccc4ncccc4c3)C(=O)O[C@@]21C. The quantitative estimate of drug-likeness (QED) is 0.163. The van der Waals surface area contributed by atoms with Crippen LogP contribution in [-0.4, -0.2) is 155 Å². The number of aryl methyl sites for hydroxylation is 1. The lowest BCUT2D eigenvalue weighted by Crippen LogP contribution is -2.61. The Balaban J connectivity index is 1.38. The van der Waals surface area contributed by atoms with Crippen molar-refractivity contribution in [3.8, 4) is 0 Å². The van der Waals surface area contributed by atoms with E-state index >= 15 is 4.79 Å². The first-order valence-corrected chi connectivity index (χ1v) is 25.7. The fraction of sp³-hybridized carbons (Fsp3) is 0.769. The van der Waals surface area contributed by atoms with Gasteiger partial charge in [0.1, 0.15) is 29.3 Å². The van der Waals surface area contributed by atoms with Crippen molar-refractivity contribution in [3.05, 3.63) is 42.1 Å². The lowest BCUT2D eigenvalue weighted by Gasteiger charge is -2.50. The largest absolute Gasteiger partial charge is 0.458 e. The standard InChI is InChI=1S/C52H80N2O13S/c1-15-38-52(10)40(44(48(59)67-52)68-23-17-18-34-20-21-36-35(25-34)19-16-22-53-36)30(4)41(55)28(2)26-51(9,61-14)46(66-49-42(56)37(54(11)12)24-29(3)62-49)31(5)43(32(6)47(58)64-38)65-39-27-50(8,60-13)45(57)33(7)63-39/h16,19-22,25,28-33,37-40,42-46,49,56-57H,15,17-18,23-24,26-27H2,1-14H3/t28-,29-,30+,31+,32-,33-,37+,38-,39+,40?,42-,43+,44?,45+,46-,49+,50-,51-,52-/m1/s1. The number of ketones is 1. The first-order valence-electron chi connectivity index (χ1n) is 24.7. The van der Waals surface area contributed by atoms with Gasteiger partial charge in [-0.15, -0.1) is 11.8 Å². The number of esters is 2. The summed E-state index contributed by atoms with van der Waals surface area (Å²) < 4.78 is 51.8. The summed E-state index contributed by atoms with van der Waals surface area (Å²) in [7, 11) is 6.89. The van der Waals surface area contributed by atoms with Crippen molar-refractivity contribution >= 4 is 40.4 Å². The van der Waals surface area contributed by atoms with Crippen molar-refractivity contribution in [1.82, 2.24) is 9.88 Å². The second kappa shape index (κ2) is 22.3. The Labute approximate surface area is 408 Å². The van der Waals surface area contributed by atoms with Gasteiger partial charge in [-0.1, -0.05) is 39.8 Å². The van der Waals surface area contributed by atoms with Crippen LogP contribution < -0.4 is 0 Å². The van der Waals surface area contributed by atoms with Crippen molar-refractivity contribution in [2.75, 3.05) is 34.1 Å². The molecule has 2 aromatic rings. The summed E-state index contributed by atoms with van der Waals surface area (Å²) in [6, 6.07) is 9.92. The monoisotopic (exact) mass is 973 g/mol. The molecule has 19 atom stereocenters. The zero-order valence-electron chi connectivity index (χ0n) is 42.8. The van der Waals surface area contributed by atoms with Crippen LogP contribution in [-0.2, 0) is 58.7 Å². The highest BCUT2D eigenvalue weighted by molar-refractivity contribution is 8.00. The molecule has 15 nitrogen and oxygen atoms in total. The van der Waals surface area contributed by atoms with E-state index in [0.717, 1.165) is 23.7 Å². The molecule has 1 aromatic carbocycles. The highest BCUT2D eigenvalue weighted by Gasteiger charge is 2.62. The summed E-state index contributed by atoms with van der Waals surface area (Å²) in [6.07, 6.45) is -3.39. The molecule has 5 heterocycles. The molecular formula is C52H80N2O13S. The number of Topliss-reactive ketones (excluding diaryl/α,β-unsaturated/α-hetero) is 1. The molecule has 0 amide bonds. The number of hydrogen-bond donors (Lipinski definition) is 2. The van der Waals surface area contributed by atoms with Gasteiger partial charge >= 0.3 is 11.9 Å². The third-order valence-corrected chi connectivity index (χ3v) is 17.2. The van der Waals surface area contributed by atoms with Gasteiger partial charge in [0, 0.05) is 61.9 Å². The van der Waals surface area contributed by atoms with E-state index in [2.05, 4.69) is 17.1 Å². The summed E-state index contributed by atoms with van der Waals surface area (Å²) >= 11 is 1.49. The van der Waals surface area contributed by atoms with Crippen LogP contribution in [0.1, 0.15) is 107 Å². The molecule has 4 saturated heterocycles. The van der Waals surface area contributed by atoms with Gasteiger partial charge in [0.15, 0.2) is 18.2 Å². The Hall–Kier alpha value is -2.77. The number of thioether (sulfide) groups is 1. The number of pyridine rings is 1. The van der Waals surface area contributed by atoms with Gasteiger partial charge in [-0.05, 0) is 117 Å². The third-order valence-electron chi connectivity index (χ3n) is 15.8. The minimum atomic E-state index is -1.35. The van der Waals surface area contributed by atoms with E-state index in [-0.39, 0.29) is 30.8 Å². The lowest BCUT2D eigenvalue weighted by atomic mass is 9.70. The lowest BCUT2D eigenvalue weighted by molar-refractivity contribution is -0.319. The Kier molecular flexibility index (Phi) is 17.9. The molecule has 0 saturated carbocycles. The molecule has 2 unspecified atom stereocenters. The average Bonchev–Trinajstić information content (AvgIpc) is 3.57. The van der Waals surface area contributed by atoms with Crippen LogP contribution in [0.5, 0.6) is 0 Å². The topological polar surface area (TPSA) is 182 Å². The van der Waals surface area contributed by atoms with Crippen LogP contribution in [0, 0.1) is 29.6 Å². The number of aromatic nitrogens is 1. The predicted molar refractivity (Wildman–Crippen MR) is 259 cm³/mol. The molecule has 16 heteroatoms. The van der Waals surface area contributed by atoms with Gasteiger partial charge < -0.3 is 53.0 Å². The number of ether oxygens (including phenoxy) is 8. The molecule has 68 heavy (non-hydrogen) atoms. The minimum absolute atomic E-state index is 0.0961. The number of carbonyl (C=O) groups excluding carboxylic acids is 3. The van der Waals surface area contributed by atoms with Crippen LogP contribution in [0.15, 0.2) is 36.5 Å². The number of benzene rings is 1. The van der Waals surface area contributed by atoms with Gasteiger partial charge in [-0.3, -0.25) is 19.4 Å². The molecule has 1 aromatic heterocycles. The molecule has 6 rings (SSSR count). The van der Waals surface area contributed by atoms with Crippen LogP contribution in [0.4, 0.5) is 0 Å². The number of aliphatic hydroxyl groups excluding tert-OH is 2. The molecule has 4 fully saturated rings. The number of nitrogens with zero attached hydrogens (tertiary/aromatic N) is 2. The number of carbonyl (C=O) groups is 3. The Morgan fingerprint density at radius 1 is 0.897 bits per heavy atom. The van der Waals surface area contributed by atoms with E-state index in [1.54, 1.807) is 41.0 Å². The first-order chi connectivity index (χ1) is 32.0. The van der Waals surface area contributed by atoms with Crippen molar-refractivity contribution in [1.29, 1.82) is 0 Å². The smallest absolute Gasteiger partial charge is 0.320 e. The molecular weight excluding hydrogens is 893 g/mol. The van der Waals surface area contributed by atoms with E-state index in [9.17, 15) is 19.8 Å². The zero-order chi connectivity index (χ0) is 50.0. The Morgan fingerprint density at radius 3 is 2.26 bits per heavy atom. The molecule has 0 aliphatic carbocycles. The molecule has 382 valence electrons. The van der Waals surface area contributed by atoms with Crippen LogP contribution in [0.2, 0.25) is 0 Å². The zero-order valence-corrected chi connectivity index (χ0v) is 43.7. The maximum Gasteiger partial charge on any atom is 0.320 e. The van der Waals surface area contributed by atoms with Crippen molar-refractivity contribution < 1.29 is 62.5 Å². The fourth-order valence-corrected chi connectivity index (χ4v) is 13.1. The van der Waals surface area contributed by atoms with E-state index in [1.165, 1.54) is 24.4 Å². The third kappa shape index (κ3) is 11.3. The van der Waals surface area contributed by atoms with Crippen molar-refractivity contribution in [2.45, 2.75) is 191 Å². The highest BCUT2D eigenvalue weighted by atomic mass is 32.2. The van der Waals surface area contributed by atoms with E-state index in [1.807, 2.05) is 78.7 Å². The number of hydrogen-bond acceptors (Lipinski definition) is 16. The Bertz CT molecular complexity index is 2040. The maximum absolute atomic E-state index is 15.1. The van der Waals surface area contributed by atoms with Gasteiger partial charge in [0.25, 0.3) is 0 Å². The predicted octanol–water partition coefficient (Wildman–Crippen LogP) is 6.54. The number of methoxy groups -OCH3 is 2. The second-order valence-electron chi connectivity index (χ2n) is 21.0. The fourth-order valence-electron chi connectivity index (χ4n) is 11.7.